The number of carbonyl (C=O) groups excluding carboxylic acids is 1. The second kappa shape index (κ2) is 7.00. The molecule has 1 aliphatic carbocycles. The zero-order chi connectivity index (χ0) is 19.1. The van der Waals surface area contributed by atoms with Crippen LogP contribution in [0.5, 0.6) is 0 Å². The predicted molar refractivity (Wildman–Crippen MR) is 109 cm³/mol. The fraction of sp³-hybridized carbons (Fsp3) is 0.200. The van der Waals surface area contributed by atoms with E-state index in [1.165, 1.54) is 17.8 Å². The number of aromatic nitrogens is 3. The van der Waals surface area contributed by atoms with Gasteiger partial charge in [0.2, 0.25) is 11.7 Å². The number of anilines is 1. The van der Waals surface area contributed by atoms with Crippen LogP contribution in [0.15, 0.2) is 47.0 Å². The molecule has 0 saturated heterocycles. The Morgan fingerprint density at radius 2 is 2.07 bits per heavy atom. The molecule has 140 valence electrons. The molecule has 2 aromatic carbocycles. The van der Waals surface area contributed by atoms with Crippen LogP contribution in [0.25, 0.3) is 21.6 Å². The van der Waals surface area contributed by atoms with Gasteiger partial charge in [-0.15, -0.1) is 0 Å². The zero-order valence-electron chi connectivity index (χ0n) is 14.7. The number of rotatable bonds is 4. The zero-order valence-corrected chi connectivity index (χ0v) is 16.3. The fourth-order valence-corrected chi connectivity index (χ4v) is 4.23. The number of fused-ring (bicyclic) bond motifs is 1. The summed E-state index contributed by atoms with van der Waals surface area (Å²) >= 11 is 7.39. The lowest BCUT2D eigenvalue weighted by Gasteiger charge is -2.20. The highest BCUT2D eigenvalue weighted by Gasteiger charge is 2.25. The fourth-order valence-electron chi connectivity index (χ4n) is 3.09. The molecule has 28 heavy (non-hydrogen) atoms. The van der Waals surface area contributed by atoms with Gasteiger partial charge in [-0.25, -0.2) is 4.98 Å². The van der Waals surface area contributed by atoms with Crippen molar-refractivity contribution in [2.75, 3.05) is 5.32 Å². The summed E-state index contributed by atoms with van der Waals surface area (Å²) in [5.41, 5.74) is 2.05. The highest BCUT2D eigenvalue weighted by atomic mass is 35.5. The molecule has 1 amide bonds. The van der Waals surface area contributed by atoms with Crippen molar-refractivity contribution >= 4 is 44.2 Å². The third kappa shape index (κ3) is 3.27. The van der Waals surface area contributed by atoms with Crippen LogP contribution in [0.1, 0.15) is 41.4 Å². The van der Waals surface area contributed by atoms with Crippen molar-refractivity contribution in [3.05, 3.63) is 58.9 Å². The van der Waals surface area contributed by atoms with Gasteiger partial charge in [0.05, 0.1) is 10.2 Å². The van der Waals surface area contributed by atoms with E-state index in [1.54, 1.807) is 18.2 Å². The van der Waals surface area contributed by atoms with E-state index >= 15 is 0 Å². The third-order valence-corrected chi connectivity index (χ3v) is 6.02. The number of nitrogens with one attached hydrogen (secondary N) is 1. The summed E-state index contributed by atoms with van der Waals surface area (Å²) < 4.78 is 6.30. The number of amides is 1. The molecule has 1 aliphatic rings. The van der Waals surface area contributed by atoms with Gasteiger partial charge in [0.15, 0.2) is 5.13 Å². The van der Waals surface area contributed by atoms with Gasteiger partial charge in [-0.1, -0.05) is 46.6 Å². The average molecular weight is 411 g/mol. The molecular formula is C20H15ClN4O2S. The largest absolute Gasteiger partial charge is 0.339 e. The van der Waals surface area contributed by atoms with Crippen LogP contribution in [-0.2, 0) is 0 Å². The summed E-state index contributed by atoms with van der Waals surface area (Å²) in [6.07, 6.45) is 3.39. The number of nitrogens with zero attached hydrogens (tertiary/aromatic N) is 3. The van der Waals surface area contributed by atoms with Crippen molar-refractivity contribution in [1.82, 2.24) is 15.1 Å². The first kappa shape index (κ1) is 17.3. The van der Waals surface area contributed by atoms with Gasteiger partial charge >= 0.3 is 0 Å². The van der Waals surface area contributed by atoms with Crippen LogP contribution in [0.3, 0.4) is 0 Å². The van der Waals surface area contributed by atoms with Gasteiger partial charge in [0, 0.05) is 22.1 Å². The van der Waals surface area contributed by atoms with E-state index in [9.17, 15) is 4.79 Å². The second-order valence-corrected chi connectivity index (χ2v) is 8.22. The Labute approximate surface area is 169 Å². The molecule has 2 aromatic heterocycles. The predicted octanol–water partition coefficient (Wildman–Crippen LogP) is 5.52. The number of halogens is 1. The number of carbonyl (C=O) groups is 1. The summed E-state index contributed by atoms with van der Waals surface area (Å²) in [7, 11) is 0. The normalized spacial score (nSPS) is 14.2. The maximum absolute atomic E-state index is 12.7. The van der Waals surface area contributed by atoms with Crippen LogP contribution in [0.4, 0.5) is 5.13 Å². The van der Waals surface area contributed by atoms with Crippen LogP contribution in [-0.4, -0.2) is 21.0 Å². The number of hydrogen-bond donors (Lipinski definition) is 1. The molecule has 0 radical (unpaired) electrons. The van der Waals surface area contributed by atoms with Crippen molar-refractivity contribution in [3.8, 4) is 11.4 Å². The van der Waals surface area contributed by atoms with Gasteiger partial charge < -0.3 is 4.52 Å². The quantitative estimate of drug-likeness (QED) is 0.479. The van der Waals surface area contributed by atoms with E-state index in [4.69, 9.17) is 16.1 Å². The van der Waals surface area contributed by atoms with Crippen molar-refractivity contribution in [1.29, 1.82) is 0 Å². The van der Waals surface area contributed by atoms with Crippen LogP contribution < -0.4 is 5.32 Å². The minimum Gasteiger partial charge on any atom is -0.339 e. The first-order valence-corrected chi connectivity index (χ1v) is 10.2. The first-order chi connectivity index (χ1) is 13.7. The Hall–Kier alpha value is -2.77. The second-order valence-electron chi connectivity index (χ2n) is 6.75. The Balaban J connectivity index is 1.37. The molecule has 4 aromatic rings. The van der Waals surface area contributed by atoms with Gasteiger partial charge in [0.25, 0.3) is 5.91 Å². The third-order valence-electron chi connectivity index (χ3n) is 4.85. The maximum atomic E-state index is 12.7. The Morgan fingerprint density at radius 1 is 1.18 bits per heavy atom. The summed E-state index contributed by atoms with van der Waals surface area (Å²) in [6, 6.07) is 12.6. The van der Waals surface area contributed by atoms with Gasteiger partial charge in [-0.2, -0.15) is 4.98 Å². The monoisotopic (exact) mass is 410 g/mol. The van der Waals surface area contributed by atoms with E-state index in [1.807, 2.05) is 24.3 Å². The first-order valence-electron chi connectivity index (χ1n) is 8.97. The SMILES string of the molecule is O=C(Nc1nc2ccc(Cl)cc2s1)c1cccc(-c2noc(C3CCC3)n2)c1. The summed E-state index contributed by atoms with van der Waals surface area (Å²) in [4.78, 5) is 21.6. The number of benzene rings is 2. The molecular weight excluding hydrogens is 396 g/mol. The minimum absolute atomic E-state index is 0.241. The highest BCUT2D eigenvalue weighted by molar-refractivity contribution is 7.22. The number of hydrogen-bond acceptors (Lipinski definition) is 6. The van der Waals surface area contributed by atoms with Crippen LogP contribution in [0, 0.1) is 0 Å². The molecule has 0 spiro atoms. The summed E-state index contributed by atoms with van der Waals surface area (Å²) in [5.74, 6) is 1.32. The van der Waals surface area contributed by atoms with E-state index < -0.39 is 0 Å². The van der Waals surface area contributed by atoms with Gasteiger partial charge in [-0.05, 0) is 43.2 Å². The maximum Gasteiger partial charge on any atom is 0.257 e. The van der Waals surface area contributed by atoms with Crippen molar-refractivity contribution in [2.24, 2.45) is 0 Å². The molecule has 0 unspecified atom stereocenters. The van der Waals surface area contributed by atoms with E-state index in [0.717, 1.165) is 28.6 Å². The Kier molecular flexibility index (Phi) is 4.33. The topological polar surface area (TPSA) is 80.9 Å². The van der Waals surface area contributed by atoms with Crippen LogP contribution in [0.2, 0.25) is 5.02 Å². The lowest BCUT2D eigenvalue weighted by Crippen LogP contribution is -2.11. The molecule has 1 N–H and O–H groups in total. The number of thiazole rings is 1. The molecule has 2 heterocycles. The molecule has 0 atom stereocenters. The smallest absolute Gasteiger partial charge is 0.257 e. The Morgan fingerprint density at radius 3 is 2.89 bits per heavy atom. The average Bonchev–Trinajstić information content (AvgIpc) is 3.27. The standard InChI is InChI=1S/C20H15ClN4O2S/c21-14-7-8-15-16(10-14)28-20(22-15)24-18(26)13-6-2-5-12(9-13)17-23-19(27-25-17)11-3-1-4-11/h2,5-11H,1,3-4H2,(H,22,24,26). The van der Waals surface area contributed by atoms with E-state index in [-0.39, 0.29) is 5.91 Å². The highest BCUT2D eigenvalue weighted by Crippen LogP contribution is 2.36. The molecule has 1 saturated carbocycles. The molecule has 0 aliphatic heterocycles. The van der Waals surface area contributed by atoms with Crippen molar-refractivity contribution in [2.45, 2.75) is 25.2 Å². The molecule has 0 bridgehead atoms. The van der Waals surface area contributed by atoms with Crippen molar-refractivity contribution < 1.29 is 9.32 Å². The minimum atomic E-state index is -0.241. The lowest BCUT2D eigenvalue weighted by molar-refractivity contribution is 0.102. The van der Waals surface area contributed by atoms with Crippen molar-refractivity contribution in [3.63, 3.8) is 0 Å². The Bertz CT molecular complexity index is 1180. The van der Waals surface area contributed by atoms with E-state index in [0.29, 0.717) is 33.4 Å². The molecule has 1 fully saturated rings. The lowest BCUT2D eigenvalue weighted by atomic mass is 9.85. The molecule has 5 rings (SSSR count). The van der Waals surface area contributed by atoms with E-state index in [2.05, 4.69) is 20.4 Å². The van der Waals surface area contributed by atoms with Crippen LogP contribution >= 0.6 is 22.9 Å². The summed E-state index contributed by atoms with van der Waals surface area (Å²) in [5, 5.41) is 8.09. The van der Waals surface area contributed by atoms with Gasteiger partial charge in [0.1, 0.15) is 0 Å². The molecule has 8 heteroatoms. The molecule has 6 nitrogen and oxygen atoms in total. The van der Waals surface area contributed by atoms with Gasteiger partial charge in [-0.3, -0.25) is 10.1 Å². The summed E-state index contributed by atoms with van der Waals surface area (Å²) in [6.45, 7) is 0.